The van der Waals surface area contributed by atoms with E-state index < -0.39 is 29.9 Å². The highest BCUT2D eigenvalue weighted by molar-refractivity contribution is 6.46. The molecule has 3 aromatic rings. The number of aromatic hydroxyl groups is 1. The maximum absolute atomic E-state index is 12.2. The van der Waals surface area contributed by atoms with Crippen molar-refractivity contribution in [3.63, 3.8) is 0 Å². The van der Waals surface area contributed by atoms with Crippen LogP contribution < -0.4 is 10.1 Å². The monoisotopic (exact) mass is 448 g/mol. The van der Waals surface area contributed by atoms with Crippen molar-refractivity contribution in [3.8, 4) is 17.6 Å². The van der Waals surface area contributed by atoms with Gasteiger partial charge in [0.2, 0.25) is 0 Å². The van der Waals surface area contributed by atoms with Gasteiger partial charge in [-0.2, -0.15) is 5.26 Å². The first-order valence-corrected chi connectivity index (χ1v) is 9.17. The minimum atomic E-state index is -1.28. The normalized spacial score (nSPS) is 10.6. The van der Waals surface area contributed by atoms with Gasteiger partial charge in [0.15, 0.2) is 17.1 Å². The van der Waals surface area contributed by atoms with E-state index in [0.29, 0.717) is 5.75 Å². The van der Waals surface area contributed by atoms with E-state index in [9.17, 15) is 20.0 Å². The number of fused-ring (bicyclic) bond motifs is 1. The van der Waals surface area contributed by atoms with Crippen molar-refractivity contribution in [1.29, 1.82) is 5.26 Å². The van der Waals surface area contributed by atoms with Crippen LogP contribution in [-0.4, -0.2) is 45.3 Å². The first-order chi connectivity index (χ1) is 14.3. The number of carbonyl (C=O) groups excluding carboxylic acids is 1. The van der Waals surface area contributed by atoms with Crippen LogP contribution >= 0.6 is 23.2 Å². The number of methoxy groups -OCH3 is 1. The largest absolute Gasteiger partial charge is 0.505 e. The van der Waals surface area contributed by atoms with Gasteiger partial charge in [-0.3, -0.25) is 9.59 Å². The number of nitrogens with one attached hydrogen (secondary N) is 1. The molecule has 1 aromatic carbocycles. The molecule has 0 radical (unpaired) electrons. The Morgan fingerprint density at radius 3 is 2.53 bits per heavy atom. The molecule has 3 rings (SSSR count). The van der Waals surface area contributed by atoms with Crippen LogP contribution in [0.1, 0.15) is 21.7 Å². The molecule has 2 aromatic heterocycles. The topological polar surface area (TPSA) is 137 Å². The van der Waals surface area contributed by atoms with Gasteiger partial charge in [-0.25, -0.2) is 4.98 Å². The summed E-state index contributed by atoms with van der Waals surface area (Å²) < 4.78 is 6.62. The second-order valence-electron chi connectivity index (χ2n) is 6.11. The van der Waals surface area contributed by atoms with Crippen LogP contribution in [0.2, 0.25) is 10.2 Å². The Kier molecular flexibility index (Phi) is 6.01. The highest BCUT2D eigenvalue weighted by Crippen LogP contribution is 2.42. The third-order valence-corrected chi connectivity index (χ3v) is 5.13. The molecule has 0 bridgehead atoms. The van der Waals surface area contributed by atoms with Crippen molar-refractivity contribution < 1.29 is 24.5 Å². The molecule has 0 aliphatic carbocycles. The van der Waals surface area contributed by atoms with Gasteiger partial charge in [-0.15, -0.1) is 0 Å². The van der Waals surface area contributed by atoms with E-state index in [2.05, 4.69) is 10.3 Å². The van der Waals surface area contributed by atoms with Crippen LogP contribution in [0.4, 0.5) is 0 Å². The molecule has 0 atom stereocenters. The summed E-state index contributed by atoms with van der Waals surface area (Å²) in [5, 5.41) is 30.9. The van der Waals surface area contributed by atoms with Crippen molar-refractivity contribution in [3.05, 3.63) is 51.4 Å². The Hall–Kier alpha value is -3.48. The van der Waals surface area contributed by atoms with E-state index >= 15 is 0 Å². The smallest absolute Gasteiger partial charge is 0.322 e. The molecule has 0 aliphatic heterocycles. The standard InChI is InChI=1S/C19H14Cl2N4O5/c1-30-10-4-2-9(3-5-10)8-25-16-11(6-22)24-15(19(29)23-7-12(26)27)17(28)13(16)14(20)18(25)21/h2-5,28H,7-8H2,1H3,(H,23,29)(H,26,27). The number of rotatable bonds is 6. The molecular formula is C19H14Cl2N4O5. The molecule has 30 heavy (non-hydrogen) atoms. The summed E-state index contributed by atoms with van der Waals surface area (Å²) >= 11 is 12.7. The van der Waals surface area contributed by atoms with Crippen LogP contribution in [0.25, 0.3) is 10.9 Å². The number of aromatic nitrogens is 2. The van der Waals surface area contributed by atoms with E-state index in [1.54, 1.807) is 31.4 Å². The molecular weight excluding hydrogens is 435 g/mol. The summed E-state index contributed by atoms with van der Waals surface area (Å²) in [5.41, 5.74) is 0.222. The van der Waals surface area contributed by atoms with Crippen LogP contribution in [-0.2, 0) is 11.3 Å². The second-order valence-corrected chi connectivity index (χ2v) is 6.84. The molecule has 1 amide bonds. The number of hydrogen-bond acceptors (Lipinski definition) is 6. The average Bonchev–Trinajstić information content (AvgIpc) is 2.98. The first kappa shape index (κ1) is 21.2. The Bertz CT molecular complexity index is 1200. The Balaban J connectivity index is 2.15. The van der Waals surface area contributed by atoms with Crippen molar-refractivity contribution in [2.75, 3.05) is 13.7 Å². The number of carbonyl (C=O) groups is 2. The number of pyridine rings is 1. The number of carboxylic acid groups (broad SMARTS) is 1. The molecule has 2 heterocycles. The molecule has 0 unspecified atom stereocenters. The van der Waals surface area contributed by atoms with Crippen molar-refractivity contribution in [1.82, 2.24) is 14.9 Å². The van der Waals surface area contributed by atoms with Gasteiger partial charge < -0.3 is 24.8 Å². The van der Waals surface area contributed by atoms with Crippen LogP contribution in [0.3, 0.4) is 0 Å². The average molecular weight is 449 g/mol. The summed E-state index contributed by atoms with van der Waals surface area (Å²) in [6.45, 7) is -0.487. The highest BCUT2D eigenvalue weighted by Gasteiger charge is 2.27. The fourth-order valence-electron chi connectivity index (χ4n) is 2.90. The summed E-state index contributed by atoms with van der Waals surface area (Å²) in [6, 6.07) is 8.96. The quantitative estimate of drug-likeness (QED) is 0.526. The Labute approximate surface area is 180 Å². The molecule has 0 aliphatic rings. The molecule has 154 valence electrons. The molecule has 3 N–H and O–H groups in total. The van der Waals surface area contributed by atoms with Crippen LogP contribution in [0.5, 0.6) is 11.5 Å². The third kappa shape index (κ3) is 3.83. The Morgan fingerprint density at radius 1 is 1.30 bits per heavy atom. The number of ether oxygens (including phenoxy) is 1. The number of halogens is 2. The van der Waals surface area contributed by atoms with Crippen molar-refractivity contribution in [2.24, 2.45) is 0 Å². The molecule has 0 spiro atoms. The van der Waals surface area contributed by atoms with E-state index in [1.165, 1.54) is 4.57 Å². The number of amides is 1. The molecule has 9 nitrogen and oxygen atoms in total. The predicted octanol–water partition coefficient (Wildman–Crippen LogP) is 2.79. The maximum Gasteiger partial charge on any atom is 0.322 e. The number of nitrogens with zero attached hydrogens (tertiary/aromatic N) is 3. The van der Waals surface area contributed by atoms with Gasteiger partial charge >= 0.3 is 5.97 Å². The van der Waals surface area contributed by atoms with Crippen LogP contribution in [0, 0.1) is 11.3 Å². The number of nitriles is 1. The fourth-order valence-corrected chi connectivity index (χ4v) is 3.41. The highest BCUT2D eigenvalue weighted by atomic mass is 35.5. The minimum Gasteiger partial charge on any atom is -0.505 e. The number of benzene rings is 1. The zero-order valence-electron chi connectivity index (χ0n) is 15.4. The summed E-state index contributed by atoms with van der Waals surface area (Å²) in [4.78, 5) is 26.8. The number of carboxylic acids is 1. The number of hydrogen-bond donors (Lipinski definition) is 3. The summed E-state index contributed by atoms with van der Waals surface area (Å²) in [7, 11) is 1.54. The van der Waals surface area contributed by atoms with Gasteiger partial charge in [0.25, 0.3) is 5.91 Å². The first-order valence-electron chi connectivity index (χ1n) is 8.41. The van der Waals surface area contributed by atoms with E-state index in [0.717, 1.165) is 5.56 Å². The van der Waals surface area contributed by atoms with Crippen molar-refractivity contribution in [2.45, 2.75) is 6.54 Å². The number of aliphatic carboxylic acids is 1. The lowest BCUT2D eigenvalue weighted by atomic mass is 10.1. The maximum atomic E-state index is 12.2. The fraction of sp³-hybridized carbons (Fsp3) is 0.158. The lowest BCUT2D eigenvalue weighted by Gasteiger charge is -2.11. The van der Waals surface area contributed by atoms with Crippen LogP contribution in [0.15, 0.2) is 24.3 Å². The van der Waals surface area contributed by atoms with Gasteiger partial charge in [-0.05, 0) is 17.7 Å². The van der Waals surface area contributed by atoms with Gasteiger partial charge in [0.1, 0.15) is 23.5 Å². The lowest BCUT2D eigenvalue weighted by molar-refractivity contribution is -0.135. The van der Waals surface area contributed by atoms with Crippen molar-refractivity contribution >= 4 is 46.0 Å². The summed E-state index contributed by atoms with van der Waals surface area (Å²) in [6.07, 6.45) is 0. The predicted molar refractivity (Wildman–Crippen MR) is 108 cm³/mol. The van der Waals surface area contributed by atoms with Gasteiger partial charge in [0, 0.05) is 6.54 Å². The molecule has 0 saturated carbocycles. The van der Waals surface area contributed by atoms with Gasteiger partial charge in [-0.1, -0.05) is 35.3 Å². The lowest BCUT2D eigenvalue weighted by Crippen LogP contribution is -2.30. The zero-order chi connectivity index (χ0) is 22.0. The SMILES string of the molecule is COc1ccc(Cn2c(Cl)c(Cl)c3c(O)c(C(=O)NCC(=O)O)nc(C#N)c32)cc1. The molecule has 0 fully saturated rings. The van der Waals surface area contributed by atoms with E-state index in [4.69, 9.17) is 33.0 Å². The zero-order valence-corrected chi connectivity index (χ0v) is 17.0. The Morgan fingerprint density at radius 2 is 1.97 bits per heavy atom. The van der Waals surface area contributed by atoms with Gasteiger partial charge in [0.05, 0.1) is 23.0 Å². The molecule has 11 heteroatoms. The van der Waals surface area contributed by atoms with E-state index in [-0.39, 0.29) is 33.3 Å². The third-order valence-electron chi connectivity index (χ3n) is 4.27. The van der Waals surface area contributed by atoms with E-state index in [1.807, 2.05) is 6.07 Å². The minimum absolute atomic E-state index is 0.0257. The molecule has 0 saturated heterocycles. The summed E-state index contributed by atoms with van der Waals surface area (Å²) in [5.74, 6) is -2.19. The second kappa shape index (κ2) is 8.49.